The Morgan fingerprint density at radius 2 is 2.08 bits per heavy atom. The molecular weight excluding hydrogens is 166 g/mol. The molecule has 13 heavy (non-hydrogen) atoms. The Hall–Kier alpha value is -1.22. The van der Waals surface area contributed by atoms with Gasteiger partial charge in [0, 0.05) is 0 Å². The van der Waals surface area contributed by atoms with E-state index in [0.717, 1.165) is 6.54 Å². The second-order valence-electron chi connectivity index (χ2n) is 2.61. The number of aliphatic hydroxyl groups is 2. The summed E-state index contributed by atoms with van der Waals surface area (Å²) in [4.78, 5) is 0. The van der Waals surface area contributed by atoms with Crippen molar-refractivity contribution in [2.24, 2.45) is 0 Å². The lowest BCUT2D eigenvalue weighted by Gasteiger charge is -2.05. The monoisotopic (exact) mass is 183 g/mol. The minimum absolute atomic E-state index is 0.0900. The van der Waals surface area contributed by atoms with Crippen LogP contribution >= 0.6 is 0 Å². The lowest BCUT2D eigenvalue weighted by Crippen LogP contribution is -2.09. The van der Waals surface area contributed by atoms with Crippen LogP contribution < -0.4 is 5.32 Å². The van der Waals surface area contributed by atoms with Crippen LogP contribution in [0.3, 0.4) is 0 Å². The summed E-state index contributed by atoms with van der Waals surface area (Å²) in [5, 5.41) is 21.6. The van der Waals surface area contributed by atoms with Gasteiger partial charge in [0.2, 0.25) is 0 Å². The first-order valence-corrected chi connectivity index (χ1v) is 4.22. The predicted molar refractivity (Wildman–Crippen MR) is 54.8 cm³/mol. The Morgan fingerprint density at radius 1 is 1.46 bits per heavy atom. The van der Waals surface area contributed by atoms with E-state index >= 15 is 0 Å². The van der Waals surface area contributed by atoms with Gasteiger partial charge in [0.15, 0.2) is 11.5 Å². The molecule has 0 spiro atoms. The number of aliphatic hydroxyl groups excluding tert-OH is 2. The molecule has 0 radical (unpaired) electrons. The highest BCUT2D eigenvalue weighted by Crippen LogP contribution is 2.13. The van der Waals surface area contributed by atoms with Crippen LogP contribution in [-0.4, -0.2) is 23.8 Å². The maximum absolute atomic E-state index is 9.47. The zero-order valence-corrected chi connectivity index (χ0v) is 8.17. The van der Waals surface area contributed by atoms with Crippen molar-refractivity contribution in [3.63, 3.8) is 0 Å². The minimum Gasteiger partial charge on any atom is -0.504 e. The third kappa shape index (κ3) is 3.80. The van der Waals surface area contributed by atoms with Crippen LogP contribution in [0.15, 0.2) is 35.8 Å². The number of hydrogen-bond donors (Lipinski definition) is 3. The van der Waals surface area contributed by atoms with E-state index in [1.807, 2.05) is 7.05 Å². The van der Waals surface area contributed by atoms with Gasteiger partial charge in [-0.05, 0) is 38.6 Å². The van der Waals surface area contributed by atoms with Crippen LogP contribution in [-0.2, 0) is 0 Å². The largest absolute Gasteiger partial charge is 0.504 e. The summed E-state index contributed by atoms with van der Waals surface area (Å²) in [5.74, 6) is -0.196. The zero-order valence-electron chi connectivity index (χ0n) is 8.17. The SMILES string of the molecule is C=C/C(CCNC)=C(O)\C(O)=C/C. The van der Waals surface area contributed by atoms with Gasteiger partial charge in [0.1, 0.15) is 0 Å². The van der Waals surface area contributed by atoms with E-state index in [1.165, 1.54) is 6.08 Å². The van der Waals surface area contributed by atoms with Crippen molar-refractivity contribution in [1.82, 2.24) is 5.32 Å². The van der Waals surface area contributed by atoms with E-state index in [9.17, 15) is 10.2 Å². The summed E-state index contributed by atoms with van der Waals surface area (Å²) in [6, 6.07) is 0. The molecule has 0 atom stereocenters. The molecule has 3 heteroatoms. The molecule has 0 unspecified atom stereocenters. The van der Waals surface area contributed by atoms with Gasteiger partial charge in [0.25, 0.3) is 0 Å². The molecule has 0 aliphatic rings. The standard InChI is InChI=1S/C10H17NO2/c1-4-8(6-7-11-3)10(13)9(12)5-2/h4-5,11-13H,1,6-7H2,2-3H3/b9-5+,10-8-. The fourth-order valence-corrected chi connectivity index (χ4v) is 0.878. The first kappa shape index (κ1) is 11.8. The lowest BCUT2D eigenvalue weighted by molar-refractivity contribution is 0.321. The van der Waals surface area contributed by atoms with Gasteiger partial charge in [-0.1, -0.05) is 12.7 Å². The number of nitrogens with one attached hydrogen (secondary N) is 1. The highest BCUT2D eigenvalue weighted by atomic mass is 16.3. The Labute approximate surface area is 79.1 Å². The molecule has 0 heterocycles. The van der Waals surface area contributed by atoms with E-state index in [0.29, 0.717) is 12.0 Å². The van der Waals surface area contributed by atoms with Crippen molar-refractivity contribution in [3.8, 4) is 0 Å². The average Bonchev–Trinajstić information content (AvgIpc) is 2.17. The van der Waals surface area contributed by atoms with Gasteiger partial charge in [0.05, 0.1) is 0 Å². The molecule has 0 aliphatic heterocycles. The van der Waals surface area contributed by atoms with E-state index in [4.69, 9.17) is 0 Å². The normalized spacial score (nSPS) is 13.8. The second kappa shape index (κ2) is 6.31. The fourth-order valence-electron chi connectivity index (χ4n) is 0.878. The molecule has 3 N–H and O–H groups in total. The van der Waals surface area contributed by atoms with Gasteiger partial charge < -0.3 is 15.5 Å². The Morgan fingerprint density at radius 3 is 2.46 bits per heavy atom. The van der Waals surface area contributed by atoms with Gasteiger partial charge in [-0.25, -0.2) is 0 Å². The van der Waals surface area contributed by atoms with Crippen LogP contribution in [0.1, 0.15) is 13.3 Å². The van der Waals surface area contributed by atoms with Gasteiger partial charge in [-0.3, -0.25) is 0 Å². The highest BCUT2D eigenvalue weighted by Gasteiger charge is 2.05. The van der Waals surface area contributed by atoms with Crippen molar-refractivity contribution < 1.29 is 10.2 Å². The minimum atomic E-state index is -0.106. The van der Waals surface area contributed by atoms with E-state index < -0.39 is 0 Å². The maximum Gasteiger partial charge on any atom is 0.160 e. The summed E-state index contributed by atoms with van der Waals surface area (Å²) >= 11 is 0. The summed E-state index contributed by atoms with van der Waals surface area (Å²) in [6.07, 6.45) is 3.63. The number of hydrogen-bond acceptors (Lipinski definition) is 3. The molecule has 0 aromatic rings. The molecule has 3 nitrogen and oxygen atoms in total. The molecule has 0 bridgehead atoms. The summed E-state index contributed by atoms with van der Waals surface area (Å²) in [7, 11) is 1.83. The molecule has 0 saturated carbocycles. The Kier molecular flexibility index (Phi) is 5.72. The van der Waals surface area contributed by atoms with Crippen molar-refractivity contribution in [3.05, 3.63) is 35.8 Å². The van der Waals surface area contributed by atoms with Crippen LogP contribution in [0.2, 0.25) is 0 Å². The average molecular weight is 183 g/mol. The zero-order chi connectivity index (χ0) is 10.3. The summed E-state index contributed by atoms with van der Waals surface area (Å²) < 4.78 is 0. The predicted octanol–water partition coefficient (Wildman–Crippen LogP) is 2.06. The second-order valence-corrected chi connectivity index (χ2v) is 2.61. The molecule has 0 aromatic carbocycles. The van der Waals surface area contributed by atoms with Gasteiger partial charge >= 0.3 is 0 Å². The van der Waals surface area contributed by atoms with Crippen molar-refractivity contribution in [2.45, 2.75) is 13.3 Å². The fraction of sp³-hybridized carbons (Fsp3) is 0.400. The Balaban J connectivity index is 4.58. The van der Waals surface area contributed by atoms with E-state index in [2.05, 4.69) is 11.9 Å². The van der Waals surface area contributed by atoms with Gasteiger partial charge in [-0.15, -0.1) is 0 Å². The quantitative estimate of drug-likeness (QED) is 0.451. The highest BCUT2D eigenvalue weighted by molar-refractivity contribution is 5.30. The number of rotatable bonds is 5. The third-order valence-corrected chi connectivity index (χ3v) is 1.71. The first-order chi connectivity index (χ1) is 6.17. The topological polar surface area (TPSA) is 52.5 Å². The van der Waals surface area contributed by atoms with Crippen LogP contribution in [0, 0.1) is 0 Å². The van der Waals surface area contributed by atoms with Crippen molar-refractivity contribution in [1.29, 1.82) is 0 Å². The molecule has 0 aliphatic carbocycles. The van der Waals surface area contributed by atoms with Crippen molar-refractivity contribution >= 4 is 0 Å². The molecule has 0 aromatic heterocycles. The molecule has 0 rings (SSSR count). The molecular formula is C10H17NO2. The Bertz CT molecular complexity index is 229. The lowest BCUT2D eigenvalue weighted by atomic mass is 10.1. The smallest absolute Gasteiger partial charge is 0.160 e. The van der Waals surface area contributed by atoms with E-state index in [-0.39, 0.29) is 11.5 Å². The maximum atomic E-state index is 9.47. The third-order valence-electron chi connectivity index (χ3n) is 1.71. The van der Waals surface area contributed by atoms with E-state index in [1.54, 1.807) is 13.0 Å². The van der Waals surface area contributed by atoms with Crippen LogP contribution in [0.25, 0.3) is 0 Å². The van der Waals surface area contributed by atoms with Crippen molar-refractivity contribution in [2.75, 3.05) is 13.6 Å². The molecule has 0 amide bonds. The van der Waals surface area contributed by atoms with Crippen LogP contribution in [0.5, 0.6) is 0 Å². The summed E-state index contributed by atoms with van der Waals surface area (Å²) in [5.41, 5.74) is 0.643. The molecule has 0 saturated heterocycles. The molecule has 74 valence electrons. The van der Waals surface area contributed by atoms with Crippen LogP contribution in [0.4, 0.5) is 0 Å². The first-order valence-electron chi connectivity index (χ1n) is 4.22. The van der Waals surface area contributed by atoms with Gasteiger partial charge in [-0.2, -0.15) is 0 Å². The molecule has 0 fully saturated rings. The number of allylic oxidation sites excluding steroid dienone is 2. The summed E-state index contributed by atoms with van der Waals surface area (Å²) in [6.45, 7) is 5.96.